The summed E-state index contributed by atoms with van der Waals surface area (Å²) in [6.07, 6.45) is 5.18. The van der Waals surface area contributed by atoms with Gasteiger partial charge in [-0.05, 0) is 53.6 Å². The summed E-state index contributed by atoms with van der Waals surface area (Å²) in [4.78, 5) is 52.0. The van der Waals surface area contributed by atoms with Crippen molar-refractivity contribution in [3.63, 3.8) is 0 Å². The topological polar surface area (TPSA) is 142 Å². The predicted molar refractivity (Wildman–Crippen MR) is 152 cm³/mol. The highest BCUT2D eigenvalue weighted by molar-refractivity contribution is 14.1. The average molecular weight is 657 g/mol. The molecule has 214 valence electrons. The van der Waals surface area contributed by atoms with Crippen molar-refractivity contribution in [3.8, 4) is 11.5 Å². The summed E-state index contributed by atoms with van der Waals surface area (Å²) in [6, 6.07) is 1.98. The number of carbonyl (C=O) groups is 4. The Morgan fingerprint density at radius 1 is 1.18 bits per heavy atom. The molecule has 3 atom stereocenters. The van der Waals surface area contributed by atoms with Crippen LogP contribution in [0.25, 0.3) is 0 Å². The molecular formula is C28H37IN2O8. The van der Waals surface area contributed by atoms with E-state index in [2.05, 4.69) is 5.32 Å². The Morgan fingerprint density at radius 3 is 2.46 bits per heavy atom. The van der Waals surface area contributed by atoms with Gasteiger partial charge in [-0.15, -0.1) is 0 Å². The number of amides is 2. The zero-order valence-corrected chi connectivity index (χ0v) is 24.5. The molecule has 0 saturated heterocycles. The third kappa shape index (κ3) is 7.57. The molecule has 1 saturated carbocycles. The number of ketones is 1. The summed E-state index contributed by atoms with van der Waals surface area (Å²) in [7, 11) is 1.43. The van der Waals surface area contributed by atoms with Gasteiger partial charge >= 0.3 is 0 Å². The van der Waals surface area contributed by atoms with Crippen LogP contribution in [-0.2, 0) is 14.4 Å². The standard InChI is InChI=1S/C28H37IN2O8/c1-3-22(34)28(37)31(19-8-6-4-5-7-9-19)21-14-18(27(36)30-10-11-32)15-23(25(21)35)39-26-20(29)12-17(16-33)13-24(26)38-2/h12-13,15-16,19,21,23,25,32,35H,3-11,14H2,1-2H3,(H,30,36). The maximum absolute atomic E-state index is 13.5. The molecule has 0 bridgehead atoms. The van der Waals surface area contributed by atoms with Crippen LogP contribution in [0.15, 0.2) is 23.8 Å². The first-order valence-corrected chi connectivity index (χ1v) is 14.5. The summed E-state index contributed by atoms with van der Waals surface area (Å²) in [5, 5.41) is 23.5. The number of benzene rings is 1. The zero-order valence-electron chi connectivity index (χ0n) is 22.4. The minimum Gasteiger partial charge on any atom is -0.493 e. The molecule has 1 fully saturated rings. The largest absolute Gasteiger partial charge is 0.493 e. The summed E-state index contributed by atoms with van der Waals surface area (Å²) in [5.41, 5.74) is 0.658. The lowest BCUT2D eigenvalue weighted by Gasteiger charge is -2.43. The van der Waals surface area contributed by atoms with Crippen LogP contribution in [0.2, 0.25) is 0 Å². The van der Waals surface area contributed by atoms with E-state index < -0.39 is 35.8 Å². The molecule has 3 rings (SSSR count). The maximum Gasteiger partial charge on any atom is 0.290 e. The number of carbonyl (C=O) groups excluding carboxylic acids is 4. The second kappa shape index (κ2) is 14.8. The molecular weight excluding hydrogens is 619 g/mol. The Balaban J connectivity index is 2.06. The highest BCUT2D eigenvalue weighted by Crippen LogP contribution is 2.38. The van der Waals surface area contributed by atoms with Crippen LogP contribution in [0.5, 0.6) is 11.5 Å². The van der Waals surface area contributed by atoms with E-state index in [9.17, 15) is 29.4 Å². The molecule has 11 heteroatoms. The van der Waals surface area contributed by atoms with Gasteiger partial charge in [0.25, 0.3) is 5.91 Å². The molecule has 2 aliphatic carbocycles. The number of ether oxygens (including phenoxy) is 2. The smallest absolute Gasteiger partial charge is 0.290 e. The van der Waals surface area contributed by atoms with Crippen LogP contribution >= 0.6 is 22.6 Å². The van der Waals surface area contributed by atoms with Crippen molar-refractivity contribution in [2.24, 2.45) is 0 Å². The van der Waals surface area contributed by atoms with Gasteiger partial charge in [-0.2, -0.15) is 0 Å². The van der Waals surface area contributed by atoms with Crippen molar-refractivity contribution in [1.82, 2.24) is 10.2 Å². The van der Waals surface area contributed by atoms with Crippen LogP contribution in [-0.4, -0.2) is 83.5 Å². The molecule has 0 aliphatic heterocycles. The van der Waals surface area contributed by atoms with E-state index in [4.69, 9.17) is 9.47 Å². The number of aliphatic hydroxyl groups excluding tert-OH is 2. The van der Waals surface area contributed by atoms with E-state index in [0.717, 1.165) is 25.7 Å². The zero-order chi connectivity index (χ0) is 28.5. The van der Waals surface area contributed by atoms with E-state index in [0.29, 0.717) is 28.3 Å². The second-order valence-corrected chi connectivity index (χ2v) is 11.0. The number of halogens is 1. The summed E-state index contributed by atoms with van der Waals surface area (Å²) in [6.45, 7) is 1.41. The molecule has 10 nitrogen and oxygen atoms in total. The van der Waals surface area contributed by atoms with Gasteiger partial charge in [0.15, 0.2) is 11.5 Å². The SMILES string of the molecule is CCC(=O)C(=O)N(C1CCCCCC1)C1CC(C(=O)NCCO)=CC(Oc2c(I)cc(C=O)cc2OC)C1O. The number of rotatable bonds is 11. The van der Waals surface area contributed by atoms with Crippen molar-refractivity contribution in [2.45, 2.75) is 82.6 Å². The first kappa shape index (κ1) is 31.0. The minimum absolute atomic E-state index is 0.0236. The number of aldehydes is 1. The molecule has 0 aromatic heterocycles. The summed E-state index contributed by atoms with van der Waals surface area (Å²) in [5.74, 6) is -1.12. The first-order chi connectivity index (χ1) is 18.7. The lowest BCUT2D eigenvalue weighted by Crippen LogP contribution is -2.59. The third-order valence-electron chi connectivity index (χ3n) is 7.23. The monoisotopic (exact) mass is 656 g/mol. The van der Waals surface area contributed by atoms with E-state index in [1.165, 1.54) is 24.2 Å². The Bertz CT molecular complexity index is 1080. The Labute approximate surface area is 242 Å². The number of methoxy groups -OCH3 is 1. The van der Waals surface area contributed by atoms with Crippen LogP contribution in [0.3, 0.4) is 0 Å². The van der Waals surface area contributed by atoms with E-state index >= 15 is 0 Å². The lowest BCUT2D eigenvalue weighted by atomic mass is 9.86. The molecule has 2 aliphatic rings. The van der Waals surface area contributed by atoms with E-state index in [1.807, 2.05) is 22.6 Å². The van der Waals surface area contributed by atoms with Crippen LogP contribution in [0, 0.1) is 3.57 Å². The fraction of sp³-hybridized carbons (Fsp3) is 0.571. The quantitative estimate of drug-likeness (QED) is 0.143. The lowest BCUT2D eigenvalue weighted by molar-refractivity contribution is -0.152. The maximum atomic E-state index is 13.5. The highest BCUT2D eigenvalue weighted by atomic mass is 127. The Hall–Kier alpha value is -2.51. The number of hydrogen-bond acceptors (Lipinski definition) is 8. The number of Topliss-reactive ketones (excluding diaryl/α,β-unsaturated/α-hetero) is 1. The fourth-order valence-electron chi connectivity index (χ4n) is 5.22. The van der Waals surface area contributed by atoms with Crippen LogP contribution in [0.4, 0.5) is 0 Å². The van der Waals surface area contributed by atoms with Crippen molar-refractivity contribution >= 4 is 46.5 Å². The first-order valence-electron chi connectivity index (χ1n) is 13.4. The number of aliphatic hydroxyl groups is 2. The molecule has 2 amide bonds. The second-order valence-electron chi connectivity index (χ2n) is 9.80. The third-order valence-corrected chi connectivity index (χ3v) is 8.03. The van der Waals surface area contributed by atoms with Gasteiger partial charge in [0.05, 0.1) is 23.3 Å². The molecule has 0 heterocycles. The van der Waals surface area contributed by atoms with Gasteiger partial charge in [0.2, 0.25) is 11.7 Å². The fourth-order valence-corrected chi connectivity index (χ4v) is 5.98. The van der Waals surface area contributed by atoms with Crippen LogP contribution in [0.1, 0.15) is 68.6 Å². The van der Waals surface area contributed by atoms with Crippen molar-refractivity contribution in [3.05, 3.63) is 32.9 Å². The molecule has 3 N–H and O–H groups in total. The summed E-state index contributed by atoms with van der Waals surface area (Å²) < 4.78 is 12.2. The number of nitrogens with one attached hydrogen (secondary N) is 1. The molecule has 1 aromatic carbocycles. The minimum atomic E-state index is -1.26. The van der Waals surface area contributed by atoms with Gasteiger partial charge in [-0.3, -0.25) is 19.2 Å². The molecule has 0 radical (unpaired) electrons. The summed E-state index contributed by atoms with van der Waals surface area (Å²) >= 11 is 2.00. The number of nitrogens with zero attached hydrogens (tertiary/aromatic N) is 1. The van der Waals surface area contributed by atoms with Crippen molar-refractivity contribution in [1.29, 1.82) is 0 Å². The van der Waals surface area contributed by atoms with Crippen molar-refractivity contribution in [2.75, 3.05) is 20.3 Å². The van der Waals surface area contributed by atoms with Crippen molar-refractivity contribution < 1.29 is 38.9 Å². The average Bonchev–Trinajstić information content (AvgIpc) is 3.23. The van der Waals surface area contributed by atoms with Gasteiger partial charge in [0.1, 0.15) is 18.5 Å². The van der Waals surface area contributed by atoms with E-state index in [1.54, 1.807) is 13.0 Å². The normalized spacial score (nSPS) is 21.8. The predicted octanol–water partition coefficient (Wildman–Crippen LogP) is 2.56. The van der Waals surface area contributed by atoms with Gasteiger partial charge < -0.3 is 29.9 Å². The number of hydrogen-bond donors (Lipinski definition) is 3. The Morgan fingerprint density at radius 2 is 1.87 bits per heavy atom. The molecule has 0 spiro atoms. The highest BCUT2D eigenvalue weighted by Gasteiger charge is 2.44. The molecule has 1 aromatic rings. The molecule has 3 unspecified atom stereocenters. The molecule has 39 heavy (non-hydrogen) atoms. The van der Waals surface area contributed by atoms with Gasteiger partial charge in [0, 0.05) is 36.6 Å². The Kier molecular flexibility index (Phi) is 11.7. The van der Waals surface area contributed by atoms with Crippen LogP contribution < -0.4 is 14.8 Å². The van der Waals surface area contributed by atoms with Gasteiger partial charge in [-0.1, -0.05) is 32.6 Å². The van der Waals surface area contributed by atoms with Gasteiger partial charge in [-0.25, -0.2) is 0 Å². The van der Waals surface area contributed by atoms with E-state index in [-0.39, 0.29) is 49.1 Å².